The topological polar surface area (TPSA) is 49.5 Å². The van der Waals surface area contributed by atoms with Crippen molar-refractivity contribution < 1.29 is 9.63 Å². The minimum absolute atomic E-state index is 0.0305. The van der Waals surface area contributed by atoms with Gasteiger partial charge >= 0.3 is 0 Å². The molecule has 0 aromatic carbocycles. The first-order chi connectivity index (χ1) is 7.33. The van der Waals surface area contributed by atoms with Crippen molar-refractivity contribution in [1.82, 2.24) is 10.1 Å². The molecule has 0 spiro atoms. The molecule has 2 heterocycles. The van der Waals surface area contributed by atoms with Crippen LogP contribution < -0.4 is 0 Å². The predicted molar refractivity (Wildman–Crippen MR) is 56.5 cm³/mol. The number of aliphatic hydroxyl groups excluding tert-OH is 1. The largest absolute Gasteiger partial charge is 0.390 e. The average Bonchev–Trinajstić information content (AvgIpc) is 2.78. The molecule has 15 heavy (non-hydrogen) atoms. The number of rotatable bonds is 3. The van der Waals surface area contributed by atoms with E-state index in [9.17, 15) is 0 Å². The fraction of sp³-hybridized carbons (Fsp3) is 0.727. The normalized spacial score (nSPS) is 19.6. The fourth-order valence-corrected chi connectivity index (χ4v) is 2.13. The van der Waals surface area contributed by atoms with Gasteiger partial charge in [-0.1, -0.05) is 12.1 Å². The quantitative estimate of drug-likeness (QED) is 0.818. The minimum Gasteiger partial charge on any atom is -0.390 e. The summed E-state index contributed by atoms with van der Waals surface area (Å²) in [6.45, 7) is 5.56. The van der Waals surface area contributed by atoms with Gasteiger partial charge in [0, 0.05) is 12.0 Å². The summed E-state index contributed by atoms with van der Waals surface area (Å²) in [7, 11) is 0. The summed E-state index contributed by atoms with van der Waals surface area (Å²) in [5.41, 5.74) is 0.642. The van der Waals surface area contributed by atoms with E-state index in [1.807, 2.05) is 6.07 Å². The van der Waals surface area contributed by atoms with Crippen molar-refractivity contribution in [3.8, 4) is 0 Å². The third kappa shape index (κ3) is 2.38. The van der Waals surface area contributed by atoms with Crippen LogP contribution in [0, 0.1) is 0 Å². The lowest BCUT2D eigenvalue weighted by molar-refractivity contribution is 0.204. The first-order valence-corrected chi connectivity index (χ1v) is 5.62. The number of aliphatic hydroxyl groups is 1. The van der Waals surface area contributed by atoms with Crippen LogP contribution in [0.5, 0.6) is 0 Å². The van der Waals surface area contributed by atoms with Crippen LogP contribution in [0.1, 0.15) is 37.1 Å². The molecule has 1 aliphatic rings. The molecule has 0 atom stereocenters. The van der Waals surface area contributed by atoms with Gasteiger partial charge < -0.3 is 14.5 Å². The van der Waals surface area contributed by atoms with Crippen molar-refractivity contribution in [3.05, 3.63) is 17.5 Å². The molecule has 1 aliphatic heterocycles. The number of likely N-dealkylation sites (tertiary alicyclic amines) is 1. The number of nitrogens with zero attached hydrogens (tertiary/aromatic N) is 2. The molecule has 0 saturated carbocycles. The molecular formula is C11H18N2O2. The van der Waals surface area contributed by atoms with Gasteiger partial charge in [-0.15, -0.1) is 0 Å². The average molecular weight is 210 g/mol. The van der Waals surface area contributed by atoms with Crippen molar-refractivity contribution >= 4 is 0 Å². The summed E-state index contributed by atoms with van der Waals surface area (Å²) in [5.74, 6) is 1.43. The highest BCUT2D eigenvalue weighted by atomic mass is 16.5. The predicted octanol–water partition coefficient (Wildman–Crippen LogP) is 1.37. The van der Waals surface area contributed by atoms with Crippen molar-refractivity contribution in [2.75, 3.05) is 19.6 Å². The highest BCUT2D eigenvalue weighted by Gasteiger charge is 2.22. The second-order valence-electron chi connectivity index (χ2n) is 4.09. The third-order valence-electron chi connectivity index (χ3n) is 3.18. The molecule has 0 amide bonds. The molecule has 1 aromatic heterocycles. The van der Waals surface area contributed by atoms with Gasteiger partial charge in [-0.25, -0.2) is 0 Å². The molecule has 1 fully saturated rings. The van der Waals surface area contributed by atoms with Crippen LogP contribution in [-0.2, 0) is 6.61 Å². The molecular weight excluding hydrogens is 192 g/mol. The van der Waals surface area contributed by atoms with Crippen LogP contribution in [0.2, 0.25) is 0 Å². The highest BCUT2D eigenvalue weighted by Crippen LogP contribution is 2.28. The van der Waals surface area contributed by atoms with E-state index in [2.05, 4.69) is 17.0 Å². The molecule has 0 aliphatic carbocycles. The second kappa shape index (κ2) is 4.77. The molecule has 0 radical (unpaired) electrons. The van der Waals surface area contributed by atoms with Gasteiger partial charge in [-0.05, 0) is 32.5 Å². The fourth-order valence-electron chi connectivity index (χ4n) is 2.13. The molecule has 4 nitrogen and oxygen atoms in total. The van der Waals surface area contributed by atoms with Crippen LogP contribution in [-0.4, -0.2) is 34.8 Å². The lowest BCUT2D eigenvalue weighted by Gasteiger charge is -2.29. The Morgan fingerprint density at radius 1 is 1.53 bits per heavy atom. The van der Waals surface area contributed by atoms with Crippen LogP contribution in [0.3, 0.4) is 0 Å². The Balaban J connectivity index is 1.95. The van der Waals surface area contributed by atoms with Crippen molar-refractivity contribution in [1.29, 1.82) is 0 Å². The first kappa shape index (κ1) is 10.6. The summed E-state index contributed by atoms with van der Waals surface area (Å²) in [4.78, 5) is 2.44. The van der Waals surface area contributed by atoms with Crippen molar-refractivity contribution in [2.45, 2.75) is 32.3 Å². The Labute approximate surface area is 89.9 Å². The molecule has 84 valence electrons. The monoisotopic (exact) mass is 210 g/mol. The zero-order valence-corrected chi connectivity index (χ0v) is 9.15. The van der Waals surface area contributed by atoms with Gasteiger partial charge in [0.15, 0.2) is 0 Å². The summed E-state index contributed by atoms with van der Waals surface area (Å²) in [5, 5.41) is 12.7. The van der Waals surface area contributed by atoms with Gasteiger partial charge in [-0.3, -0.25) is 0 Å². The van der Waals surface area contributed by atoms with Crippen LogP contribution in [0.4, 0.5) is 0 Å². The zero-order chi connectivity index (χ0) is 10.7. The minimum atomic E-state index is -0.0305. The Hall–Kier alpha value is -0.870. The van der Waals surface area contributed by atoms with Gasteiger partial charge in [0.1, 0.15) is 11.5 Å². The molecule has 1 saturated heterocycles. The number of hydrogen-bond acceptors (Lipinski definition) is 4. The molecule has 0 unspecified atom stereocenters. The number of piperidine rings is 1. The summed E-state index contributed by atoms with van der Waals surface area (Å²) >= 11 is 0. The summed E-state index contributed by atoms with van der Waals surface area (Å²) in [6, 6.07) is 1.88. The van der Waals surface area contributed by atoms with E-state index in [1.165, 1.54) is 0 Å². The SMILES string of the molecule is CCN1CCC(c2cc(CO)no2)CC1. The molecule has 4 heteroatoms. The van der Waals surface area contributed by atoms with Gasteiger partial charge in [0.2, 0.25) is 0 Å². The lowest BCUT2D eigenvalue weighted by atomic mass is 9.94. The molecule has 1 N–H and O–H groups in total. The lowest BCUT2D eigenvalue weighted by Crippen LogP contribution is -2.32. The van der Waals surface area contributed by atoms with Crippen LogP contribution in [0.15, 0.2) is 10.6 Å². The third-order valence-corrected chi connectivity index (χ3v) is 3.18. The van der Waals surface area contributed by atoms with E-state index < -0.39 is 0 Å². The number of hydrogen-bond donors (Lipinski definition) is 1. The molecule has 0 bridgehead atoms. The molecule has 1 aromatic rings. The van der Waals surface area contributed by atoms with E-state index in [-0.39, 0.29) is 6.61 Å². The van der Waals surface area contributed by atoms with Gasteiger partial charge in [-0.2, -0.15) is 0 Å². The van der Waals surface area contributed by atoms with Gasteiger partial charge in [0.05, 0.1) is 6.61 Å². The van der Waals surface area contributed by atoms with E-state index in [4.69, 9.17) is 9.63 Å². The second-order valence-corrected chi connectivity index (χ2v) is 4.09. The molecule has 2 rings (SSSR count). The van der Waals surface area contributed by atoms with Crippen molar-refractivity contribution in [2.24, 2.45) is 0 Å². The maximum atomic E-state index is 8.90. The van der Waals surface area contributed by atoms with E-state index in [0.717, 1.165) is 38.2 Å². The van der Waals surface area contributed by atoms with E-state index in [1.54, 1.807) is 0 Å². The van der Waals surface area contributed by atoms with Gasteiger partial charge in [0.25, 0.3) is 0 Å². The Morgan fingerprint density at radius 3 is 2.80 bits per heavy atom. The van der Waals surface area contributed by atoms with Crippen LogP contribution >= 0.6 is 0 Å². The van der Waals surface area contributed by atoms with Crippen LogP contribution in [0.25, 0.3) is 0 Å². The van der Waals surface area contributed by atoms with E-state index in [0.29, 0.717) is 11.6 Å². The highest BCUT2D eigenvalue weighted by molar-refractivity contribution is 5.10. The standard InChI is InChI=1S/C11H18N2O2/c1-2-13-5-3-9(4-6-13)11-7-10(8-14)12-15-11/h7,9,14H,2-6,8H2,1H3. The van der Waals surface area contributed by atoms with E-state index >= 15 is 0 Å². The zero-order valence-electron chi connectivity index (χ0n) is 9.15. The van der Waals surface area contributed by atoms with Crippen molar-refractivity contribution in [3.63, 3.8) is 0 Å². The smallest absolute Gasteiger partial charge is 0.140 e. The summed E-state index contributed by atoms with van der Waals surface area (Å²) in [6.07, 6.45) is 2.27. The maximum absolute atomic E-state index is 8.90. The Kier molecular flexibility index (Phi) is 3.38. The maximum Gasteiger partial charge on any atom is 0.140 e. The summed E-state index contributed by atoms with van der Waals surface area (Å²) < 4.78 is 5.24. The first-order valence-electron chi connectivity index (χ1n) is 5.62. The Morgan fingerprint density at radius 2 is 2.27 bits per heavy atom. The Bertz CT molecular complexity index is 303. The number of aromatic nitrogens is 1.